The number of hydrogen-bond donors (Lipinski definition) is 1. The minimum absolute atomic E-state index is 0.671. The zero-order valence-electron chi connectivity index (χ0n) is 10.7. The van der Waals surface area contributed by atoms with Crippen LogP contribution < -0.4 is 10.1 Å². The van der Waals surface area contributed by atoms with E-state index in [1.54, 1.807) is 13.3 Å². The molecule has 0 aliphatic rings. The van der Waals surface area contributed by atoms with Gasteiger partial charge >= 0.3 is 0 Å². The zero-order chi connectivity index (χ0) is 13.8. The predicted molar refractivity (Wildman–Crippen MR) is 82.0 cm³/mol. The lowest BCUT2D eigenvalue weighted by Gasteiger charge is -2.13. The van der Waals surface area contributed by atoms with E-state index in [0.717, 1.165) is 27.0 Å². The van der Waals surface area contributed by atoms with Crippen LogP contribution in [0.25, 0.3) is 0 Å². The van der Waals surface area contributed by atoms with Crippen molar-refractivity contribution >= 4 is 33.2 Å². The normalized spacial score (nSPS) is 10.3. The van der Waals surface area contributed by atoms with Gasteiger partial charge in [0.05, 0.1) is 12.8 Å². The van der Waals surface area contributed by atoms with Gasteiger partial charge in [-0.2, -0.15) is 0 Å². The summed E-state index contributed by atoms with van der Waals surface area (Å²) in [5.41, 5.74) is 3.02. The number of hydrogen-bond acceptors (Lipinski definition) is 3. The van der Waals surface area contributed by atoms with Crippen LogP contribution in [-0.2, 0) is 6.54 Å². The molecule has 0 saturated heterocycles. The number of benzene rings is 1. The Labute approximate surface area is 126 Å². The van der Waals surface area contributed by atoms with Crippen LogP contribution in [0.3, 0.4) is 0 Å². The molecule has 2 aromatic rings. The van der Waals surface area contributed by atoms with Crippen LogP contribution in [0.2, 0.25) is 5.02 Å². The number of pyridine rings is 1. The molecule has 100 valence electrons. The van der Waals surface area contributed by atoms with Gasteiger partial charge in [-0.3, -0.25) is 4.98 Å². The number of ether oxygens (including phenoxy) is 1. The highest BCUT2D eigenvalue weighted by atomic mass is 79.9. The van der Waals surface area contributed by atoms with Gasteiger partial charge in [-0.15, -0.1) is 0 Å². The maximum Gasteiger partial charge on any atom is 0.143 e. The largest absolute Gasteiger partial charge is 0.495 e. The van der Waals surface area contributed by atoms with Gasteiger partial charge in [0.15, 0.2) is 0 Å². The van der Waals surface area contributed by atoms with Crippen LogP contribution >= 0.6 is 27.5 Å². The smallest absolute Gasteiger partial charge is 0.143 e. The molecule has 0 saturated carbocycles. The molecule has 0 amide bonds. The first kappa shape index (κ1) is 14.2. The third-order valence-electron chi connectivity index (χ3n) is 2.73. The number of aromatic nitrogens is 1. The van der Waals surface area contributed by atoms with Crippen molar-refractivity contribution in [3.8, 4) is 5.75 Å². The van der Waals surface area contributed by atoms with Gasteiger partial charge in [0.2, 0.25) is 0 Å². The molecule has 0 atom stereocenters. The third kappa shape index (κ3) is 3.61. The second kappa shape index (κ2) is 6.26. The Hall–Kier alpha value is -1.26. The summed E-state index contributed by atoms with van der Waals surface area (Å²) in [6, 6.07) is 5.82. The Morgan fingerprint density at radius 2 is 2.11 bits per heavy atom. The lowest BCUT2D eigenvalue weighted by Crippen LogP contribution is -2.02. The quantitative estimate of drug-likeness (QED) is 0.893. The van der Waals surface area contributed by atoms with Crippen LogP contribution in [0.5, 0.6) is 5.75 Å². The SMILES string of the molecule is COc1cc(Cl)c(C)cc1NCc1cncc(Br)c1. The van der Waals surface area contributed by atoms with Crippen LogP contribution in [0, 0.1) is 6.92 Å². The molecule has 2 rings (SSSR count). The number of anilines is 1. The molecule has 0 aliphatic carbocycles. The summed E-state index contributed by atoms with van der Waals surface area (Å²) >= 11 is 9.48. The van der Waals surface area contributed by atoms with Crippen LogP contribution in [-0.4, -0.2) is 12.1 Å². The molecule has 1 heterocycles. The van der Waals surface area contributed by atoms with Gasteiger partial charge in [0.25, 0.3) is 0 Å². The van der Waals surface area contributed by atoms with E-state index >= 15 is 0 Å². The summed E-state index contributed by atoms with van der Waals surface area (Å²) in [5.74, 6) is 0.735. The molecule has 1 N–H and O–H groups in total. The van der Waals surface area contributed by atoms with E-state index in [4.69, 9.17) is 16.3 Å². The van der Waals surface area contributed by atoms with Crippen molar-refractivity contribution in [2.24, 2.45) is 0 Å². The minimum Gasteiger partial charge on any atom is -0.495 e. The molecule has 19 heavy (non-hydrogen) atoms. The Morgan fingerprint density at radius 1 is 1.32 bits per heavy atom. The van der Waals surface area contributed by atoms with Crippen LogP contribution in [0.4, 0.5) is 5.69 Å². The molecule has 1 aromatic carbocycles. The van der Waals surface area contributed by atoms with Crippen molar-refractivity contribution in [3.63, 3.8) is 0 Å². The van der Waals surface area contributed by atoms with Gasteiger partial charge in [0, 0.05) is 34.5 Å². The van der Waals surface area contributed by atoms with Crippen molar-refractivity contribution in [1.29, 1.82) is 0 Å². The van der Waals surface area contributed by atoms with Crippen molar-refractivity contribution in [2.45, 2.75) is 13.5 Å². The third-order valence-corrected chi connectivity index (χ3v) is 3.57. The minimum atomic E-state index is 0.671. The Bertz CT molecular complexity index is 590. The maximum atomic E-state index is 6.08. The topological polar surface area (TPSA) is 34.1 Å². The molecule has 0 unspecified atom stereocenters. The van der Waals surface area contributed by atoms with E-state index in [9.17, 15) is 0 Å². The molecule has 0 aliphatic heterocycles. The fourth-order valence-corrected chi connectivity index (χ4v) is 2.29. The molecule has 0 radical (unpaired) electrons. The number of rotatable bonds is 4. The molecule has 0 spiro atoms. The first-order valence-corrected chi connectivity index (χ1v) is 6.94. The summed E-state index contributed by atoms with van der Waals surface area (Å²) in [6.45, 7) is 2.64. The highest BCUT2D eigenvalue weighted by Gasteiger charge is 2.06. The predicted octanol–water partition coefficient (Wildman–Crippen LogP) is 4.43. The summed E-state index contributed by atoms with van der Waals surface area (Å²) in [6.07, 6.45) is 3.59. The molecule has 3 nitrogen and oxygen atoms in total. The lowest BCUT2D eigenvalue weighted by molar-refractivity contribution is 0.416. The average molecular weight is 342 g/mol. The molecular weight excluding hydrogens is 328 g/mol. The summed E-state index contributed by atoms with van der Waals surface area (Å²) in [5, 5.41) is 4.03. The number of halogens is 2. The van der Waals surface area contributed by atoms with Gasteiger partial charge in [-0.1, -0.05) is 11.6 Å². The van der Waals surface area contributed by atoms with Crippen molar-refractivity contribution < 1.29 is 4.74 Å². The van der Waals surface area contributed by atoms with E-state index in [1.165, 1.54) is 0 Å². The monoisotopic (exact) mass is 340 g/mol. The van der Waals surface area contributed by atoms with Crippen LogP contribution in [0.15, 0.2) is 35.1 Å². The number of nitrogens with zero attached hydrogens (tertiary/aromatic N) is 1. The Kier molecular flexibility index (Phi) is 4.66. The standard InChI is InChI=1S/C14H14BrClN2O/c1-9-3-13(14(19-2)5-12(9)16)18-7-10-4-11(15)8-17-6-10/h3-6,8,18H,7H2,1-2H3. The van der Waals surface area contributed by atoms with Gasteiger partial charge in [-0.05, 0) is 46.1 Å². The first-order valence-electron chi connectivity index (χ1n) is 5.77. The summed E-state index contributed by atoms with van der Waals surface area (Å²) < 4.78 is 6.29. The summed E-state index contributed by atoms with van der Waals surface area (Å²) in [4.78, 5) is 4.13. The van der Waals surface area contributed by atoms with Crippen molar-refractivity contribution in [3.05, 3.63) is 51.2 Å². The number of nitrogens with one attached hydrogen (secondary N) is 1. The fraction of sp³-hybridized carbons (Fsp3) is 0.214. The fourth-order valence-electron chi connectivity index (χ4n) is 1.72. The number of methoxy groups -OCH3 is 1. The Morgan fingerprint density at radius 3 is 2.79 bits per heavy atom. The lowest BCUT2D eigenvalue weighted by atomic mass is 10.2. The first-order chi connectivity index (χ1) is 9.10. The molecule has 1 aromatic heterocycles. The molecule has 0 bridgehead atoms. The van der Waals surface area contributed by atoms with E-state index in [2.05, 4.69) is 26.2 Å². The number of aryl methyl sites for hydroxylation is 1. The average Bonchev–Trinajstić information content (AvgIpc) is 2.39. The maximum absolute atomic E-state index is 6.08. The van der Waals surface area contributed by atoms with E-state index < -0.39 is 0 Å². The zero-order valence-corrected chi connectivity index (χ0v) is 13.0. The highest BCUT2D eigenvalue weighted by molar-refractivity contribution is 9.10. The molecule has 0 fully saturated rings. The Balaban J connectivity index is 2.17. The molecular formula is C14H14BrClN2O. The van der Waals surface area contributed by atoms with E-state index in [0.29, 0.717) is 11.6 Å². The second-order valence-corrected chi connectivity index (χ2v) is 5.49. The second-order valence-electron chi connectivity index (χ2n) is 4.17. The van der Waals surface area contributed by atoms with E-state index in [1.807, 2.05) is 31.3 Å². The van der Waals surface area contributed by atoms with Gasteiger partial charge in [0.1, 0.15) is 5.75 Å². The van der Waals surface area contributed by atoms with Gasteiger partial charge < -0.3 is 10.1 Å². The van der Waals surface area contributed by atoms with Gasteiger partial charge in [-0.25, -0.2) is 0 Å². The van der Waals surface area contributed by atoms with Crippen molar-refractivity contribution in [1.82, 2.24) is 4.98 Å². The molecule has 5 heteroatoms. The van der Waals surface area contributed by atoms with Crippen LogP contribution in [0.1, 0.15) is 11.1 Å². The van der Waals surface area contributed by atoms with E-state index in [-0.39, 0.29) is 0 Å². The van der Waals surface area contributed by atoms with Crippen molar-refractivity contribution in [2.75, 3.05) is 12.4 Å². The highest BCUT2D eigenvalue weighted by Crippen LogP contribution is 2.31. The summed E-state index contributed by atoms with van der Waals surface area (Å²) in [7, 11) is 1.63.